The van der Waals surface area contributed by atoms with Crippen molar-refractivity contribution >= 4 is 18.2 Å². The van der Waals surface area contributed by atoms with E-state index in [1.165, 1.54) is 5.56 Å². The Kier molecular flexibility index (Phi) is 5.11. The first-order valence-electron chi connectivity index (χ1n) is 8.35. The van der Waals surface area contributed by atoms with Crippen molar-refractivity contribution in [1.29, 1.82) is 0 Å². The van der Waals surface area contributed by atoms with E-state index in [4.69, 9.17) is 9.47 Å². The molecule has 0 radical (unpaired) electrons. The topological polar surface area (TPSA) is 122 Å². The number of carbonyl (C=O) groups excluding carboxylic acids is 1. The van der Waals surface area contributed by atoms with Gasteiger partial charge in [0.15, 0.2) is 23.4 Å². The number of hydrogen-bond donors (Lipinski definition) is 1. The van der Waals surface area contributed by atoms with Crippen LogP contribution in [0.4, 0.5) is 0 Å². The summed E-state index contributed by atoms with van der Waals surface area (Å²) >= 11 is 0. The SMILES string of the molecule is COc1ccc2c3c1O[C@H]1C(=O)CC[C@@]4(O)[C@@H](C2)N(C)CC[C@]314.Cl.O.O. The maximum Gasteiger partial charge on any atom is 0.174 e. The van der Waals surface area contributed by atoms with E-state index in [9.17, 15) is 9.90 Å². The molecule has 26 heavy (non-hydrogen) atoms. The molecule has 146 valence electrons. The highest BCUT2D eigenvalue weighted by molar-refractivity contribution is 5.90. The number of carbonyl (C=O) groups is 1. The second kappa shape index (κ2) is 6.35. The minimum absolute atomic E-state index is 0. The largest absolute Gasteiger partial charge is 0.493 e. The van der Waals surface area contributed by atoms with Gasteiger partial charge in [-0.2, -0.15) is 0 Å². The number of ether oxygens (including phenoxy) is 2. The van der Waals surface area contributed by atoms with Gasteiger partial charge in [-0.05, 0) is 44.5 Å². The van der Waals surface area contributed by atoms with Gasteiger partial charge in [-0.3, -0.25) is 4.79 Å². The van der Waals surface area contributed by atoms with Crippen molar-refractivity contribution in [2.75, 3.05) is 20.7 Å². The Morgan fingerprint density at radius 2 is 2.04 bits per heavy atom. The number of rotatable bonds is 1. The van der Waals surface area contributed by atoms with Crippen LogP contribution in [0.1, 0.15) is 30.4 Å². The van der Waals surface area contributed by atoms with Crippen LogP contribution >= 0.6 is 12.4 Å². The summed E-state index contributed by atoms with van der Waals surface area (Å²) in [5.74, 6) is 1.47. The third-order valence-electron chi connectivity index (χ3n) is 6.73. The first-order chi connectivity index (χ1) is 11.0. The van der Waals surface area contributed by atoms with Crippen LogP contribution in [-0.4, -0.2) is 65.2 Å². The molecule has 0 unspecified atom stereocenters. The number of ketones is 1. The predicted octanol–water partition coefficient (Wildman–Crippen LogP) is -0.179. The van der Waals surface area contributed by atoms with E-state index in [1.807, 2.05) is 6.07 Å². The Morgan fingerprint density at radius 1 is 1.31 bits per heavy atom. The molecule has 1 saturated carbocycles. The zero-order chi connectivity index (χ0) is 16.0. The van der Waals surface area contributed by atoms with Crippen molar-refractivity contribution in [3.05, 3.63) is 23.3 Å². The van der Waals surface area contributed by atoms with E-state index in [0.29, 0.717) is 24.3 Å². The molecule has 2 heterocycles. The van der Waals surface area contributed by atoms with Crippen molar-refractivity contribution < 1.29 is 30.3 Å². The molecule has 5 rings (SSSR count). The lowest BCUT2D eigenvalue weighted by Crippen LogP contribution is -2.76. The predicted molar refractivity (Wildman–Crippen MR) is 97.5 cm³/mol. The summed E-state index contributed by atoms with van der Waals surface area (Å²) in [5.41, 5.74) is 0.737. The van der Waals surface area contributed by atoms with Gasteiger partial charge in [-0.15, -0.1) is 12.4 Å². The lowest BCUT2D eigenvalue weighted by atomic mass is 9.49. The van der Waals surface area contributed by atoms with Gasteiger partial charge in [-0.1, -0.05) is 6.07 Å². The number of benzene rings is 1. The maximum absolute atomic E-state index is 12.7. The molecule has 5 N–H and O–H groups in total. The molecule has 1 aromatic carbocycles. The number of likely N-dealkylation sites (tertiary alicyclic amines) is 1. The van der Waals surface area contributed by atoms with Crippen LogP contribution in [0.15, 0.2) is 12.1 Å². The first kappa shape index (κ1) is 20.9. The molecule has 2 bridgehead atoms. The van der Waals surface area contributed by atoms with Gasteiger partial charge in [0.05, 0.1) is 18.1 Å². The Balaban J connectivity index is 0.000000810. The number of halogens is 1. The van der Waals surface area contributed by atoms with Gasteiger partial charge < -0.3 is 30.4 Å². The molecule has 2 fully saturated rings. The van der Waals surface area contributed by atoms with E-state index in [1.54, 1.807) is 7.11 Å². The van der Waals surface area contributed by atoms with Gasteiger partial charge in [0.25, 0.3) is 0 Å². The molecule has 7 nitrogen and oxygen atoms in total. The summed E-state index contributed by atoms with van der Waals surface area (Å²) in [4.78, 5) is 14.9. The van der Waals surface area contributed by atoms with Crippen molar-refractivity contribution in [2.45, 2.75) is 48.8 Å². The Bertz CT molecular complexity index is 743. The highest BCUT2D eigenvalue weighted by Gasteiger charge is 2.72. The molecule has 0 aromatic heterocycles. The smallest absolute Gasteiger partial charge is 0.174 e. The minimum Gasteiger partial charge on any atom is -0.493 e. The summed E-state index contributed by atoms with van der Waals surface area (Å²) in [7, 11) is 3.70. The molecule has 4 aliphatic rings. The molecular weight excluding hydrogens is 362 g/mol. The fraction of sp³-hybridized carbons (Fsp3) is 0.611. The highest BCUT2D eigenvalue weighted by Crippen LogP contribution is 2.64. The van der Waals surface area contributed by atoms with Crippen LogP contribution in [0.5, 0.6) is 11.5 Å². The third-order valence-corrected chi connectivity index (χ3v) is 6.73. The van der Waals surface area contributed by atoms with Gasteiger partial charge in [0.2, 0.25) is 0 Å². The molecular formula is C18H26ClNO6. The van der Waals surface area contributed by atoms with E-state index < -0.39 is 17.1 Å². The average Bonchev–Trinajstić information content (AvgIpc) is 2.90. The minimum atomic E-state index is -0.900. The molecule has 2 aliphatic carbocycles. The number of nitrogens with zero attached hydrogens (tertiary/aromatic N) is 1. The monoisotopic (exact) mass is 387 g/mol. The van der Waals surface area contributed by atoms with Crippen molar-refractivity contribution in [2.24, 2.45) is 0 Å². The summed E-state index contributed by atoms with van der Waals surface area (Å²) in [6, 6.07) is 4.05. The number of likely N-dealkylation sites (N-methyl/N-ethyl adjacent to an activating group) is 1. The molecule has 8 heteroatoms. The van der Waals surface area contributed by atoms with Crippen LogP contribution in [-0.2, 0) is 16.6 Å². The molecule has 1 saturated heterocycles. The van der Waals surface area contributed by atoms with Crippen molar-refractivity contribution in [1.82, 2.24) is 4.90 Å². The zero-order valence-corrected chi connectivity index (χ0v) is 15.7. The first-order valence-corrected chi connectivity index (χ1v) is 8.35. The quantitative estimate of drug-likeness (QED) is 0.716. The van der Waals surface area contributed by atoms with E-state index in [2.05, 4.69) is 18.0 Å². The van der Waals surface area contributed by atoms with Crippen molar-refractivity contribution in [3.8, 4) is 11.5 Å². The maximum atomic E-state index is 12.7. The fourth-order valence-corrected chi connectivity index (χ4v) is 5.69. The van der Waals surface area contributed by atoms with Crippen LogP contribution in [0.2, 0.25) is 0 Å². The van der Waals surface area contributed by atoms with Crippen LogP contribution in [0.3, 0.4) is 0 Å². The molecule has 4 atom stereocenters. The zero-order valence-electron chi connectivity index (χ0n) is 14.9. The van der Waals surface area contributed by atoms with Gasteiger partial charge >= 0.3 is 0 Å². The average molecular weight is 388 g/mol. The van der Waals surface area contributed by atoms with E-state index in [0.717, 1.165) is 24.9 Å². The highest BCUT2D eigenvalue weighted by atomic mass is 35.5. The summed E-state index contributed by atoms with van der Waals surface area (Å²) in [6.45, 7) is 0.871. The van der Waals surface area contributed by atoms with Crippen LogP contribution < -0.4 is 9.47 Å². The van der Waals surface area contributed by atoms with E-state index in [-0.39, 0.29) is 35.2 Å². The van der Waals surface area contributed by atoms with Gasteiger partial charge in [0.1, 0.15) is 0 Å². The second-order valence-electron chi connectivity index (χ2n) is 7.44. The van der Waals surface area contributed by atoms with Gasteiger partial charge in [0, 0.05) is 18.0 Å². The Labute approximate surface area is 158 Å². The van der Waals surface area contributed by atoms with Crippen LogP contribution in [0, 0.1) is 0 Å². The standard InChI is InChI=1S/C18H21NO4.ClH.2H2O/c1-19-8-7-17-14-10-3-4-12(22-2)15(14)23-16(17)11(20)5-6-18(17,21)13(19)9-10;;;/h3-4,13,16,21H,5-9H2,1-2H3;1H;2*1H2/t13-,16+,17+,18-;;;/m1.../s1. The number of Topliss-reactive ketones (excluding diaryl/α,β-unsaturated/α-hetero) is 1. The Morgan fingerprint density at radius 3 is 2.73 bits per heavy atom. The van der Waals surface area contributed by atoms with Crippen LogP contribution in [0.25, 0.3) is 0 Å². The van der Waals surface area contributed by atoms with E-state index >= 15 is 0 Å². The second-order valence-corrected chi connectivity index (χ2v) is 7.44. The molecule has 2 aliphatic heterocycles. The molecule has 1 aromatic rings. The number of aliphatic hydroxyl groups is 1. The third kappa shape index (κ3) is 2.00. The summed E-state index contributed by atoms with van der Waals surface area (Å²) in [5, 5.41) is 11.7. The lowest BCUT2D eigenvalue weighted by Gasteiger charge is -2.62. The fourth-order valence-electron chi connectivity index (χ4n) is 5.69. The number of hydrogen-bond acceptors (Lipinski definition) is 5. The number of methoxy groups -OCH3 is 1. The van der Waals surface area contributed by atoms with Gasteiger partial charge in [-0.25, -0.2) is 0 Å². The lowest BCUT2D eigenvalue weighted by molar-refractivity contribution is -0.185. The normalized spacial score (nSPS) is 35.9. The summed E-state index contributed by atoms with van der Waals surface area (Å²) in [6.07, 6.45) is 1.89. The summed E-state index contributed by atoms with van der Waals surface area (Å²) < 4.78 is 11.6. The molecule has 1 spiro atoms. The Hall–Kier alpha value is -1.38. The van der Waals surface area contributed by atoms with Crippen molar-refractivity contribution in [3.63, 3.8) is 0 Å². The molecule has 0 amide bonds. The number of piperidine rings is 1.